The van der Waals surface area contributed by atoms with E-state index in [9.17, 15) is 9.90 Å². The first-order chi connectivity index (χ1) is 14.2. The Morgan fingerprint density at radius 3 is 2.45 bits per heavy atom. The summed E-state index contributed by atoms with van der Waals surface area (Å²) in [4.78, 5) is 12.4. The molecule has 4 heteroatoms. The van der Waals surface area contributed by atoms with Gasteiger partial charge < -0.3 is 15.2 Å². The van der Waals surface area contributed by atoms with Gasteiger partial charge in [0, 0.05) is 12.8 Å². The van der Waals surface area contributed by atoms with Crippen LogP contribution in [0.1, 0.15) is 34.7 Å². The number of benzene rings is 3. The molecule has 2 N–H and O–H groups in total. The first-order valence-electron chi connectivity index (χ1n) is 10.00. The SMILES string of the molecule is O=C(CCc1ccc(OCc2ccccc2)cc1)N[C@H]1c2ccccc2C[C@H]1O. The molecule has 3 aromatic rings. The van der Waals surface area contributed by atoms with Gasteiger partial charge in [0.05, 0.1) is 12.1 Å². The lowest BCUT2D eigenvalue weighted by molar-refractivity contribution is -0.122. The molecule has 0 aliphatic heterocycles. The number of aryl methyl sites for hydroxylation is 1. The van der Waals surface area contributed by atoms with Crippen LogP contribution in [0.25, 0.3) is 0 Å². The second kappa shape index (κ2) is 8.93. The smallest absolute Gasteiger partial charge is 0.220 e. The van der Waals surface area contributed by atoms with E-state index in [0.717, 1.165) is 28.0 Å². The molecule has 4 nitrogen and oxygen atoms in total. The molecule has 0 radical (unpaired) electrons. The summed E-state index contributed by atoms with van der Waals surface area (Å²) in [6.07, 6.45) is 1.06. The van der Waals surface area contributed by atoms with Crippen LogP contribution < -0.4 is 10.1 Å². The molecular weight excluding hydrogens is 362 g/mol. The largest absolute Gasteiger partial charge is 0.489 e. The minimum atomic E-state index is -0.558. The molecule has 1 aliphatic rings. The lowest BCUT2D eigenvalue weighted by Gasteiger charge is -2.18. The molecule has 1 aliphatic carbocycles. The quantitative estimate of drug-likeness (QED) is 0.645. The van der Waals surface area contributed by atoms with Crippen LogP contribution >= 0.6 is 0 Å². The Morgan fingerprint density at radius 2 is 1.66 bits per heavy atom. The van der Waals surface area contributed by atoms with E-state index in [2.05, 4.69) is 5.32 Å². The van der Waals surface area contributed by atoms with Crippen molar-refractivity contribution in [2.75, 3.05) is 0 Å². The van der Waals surface area contributed by atoms with Gasteiger partial charge in [0.25, 0.3) is 0 Å². The third kappa shape index (κ3) is 4.84. The Labute approximate surface area is 171 Å². The topological polar surface area (TPSA) is 58.6 Å². The maximum absolute atomic E-state index is 12.4. The van der Waals surface area contributed by atoms with Crippen LogP contribution in [-0.4, -0.2) is 17.1 Å². The number of ether oxygens (including phenoxy) is 1. The van der Waals surface area contributed by atoms with Gasteiger partial charge >= 0.3 is 0 Å². The molecule has 29 heavy (non-hydrogen) atoms. The minimum Gasteiger partial charge on any atom is -0.489 e. The lowest BCUT2D eigenvalue weighted by atomic mass is 10.1. The molecule has 0 fully saturated rings. The van der Waals surface area contributed by atoms with Crippen molar-refractivity contribution >= 4 is 5.91 Å². The first kappa shape index (κ1) is 19.2. The number of aliphatic hydroxyl groups is 1. The van der Waals surface area contributed by atoms with Gasteiger partial charge in [-0.25, -0.2) is 0 Å². The molecule has 0 saturated heterocycles. The molecule has 0 unspecified atom stereocenters. The van der Waals surface area contributed by atoms with Crippen molar-refractivity contribution in [1.29, 1.82) is 0 Å². The standard InChI is InChI=1S/C25H25NO3/c27-23-16-20-8-4-5-9-22(20)25(23)26-24(28)15-12-18-10-13-21(14-11-18)29-17-19-6-2-1-3-7-19/h1-11,13-14,23,25,27H,12,15-17H2,(H,26,28)/t23-,25+/m1/s1. The highest BCUT2D eigenvalue weighted by Crippen LogP contribution is 2.31. The summed E-state index contributed by atoms with van der Waals surface area (Å²) >= 11 is 0. The third-order valence-corrected chi connectivity index (χ3v) is 5.33. The molecular formula is C25H25NO3. The highest BCUT2D eigenvalue weighted by atomic mass is 16.5. The van der Waals surface area contributed by atoms with Gasteiger partial charge in [-0.3, -0.25) is 4.79 Å². The number of aliphatic hydroxyl groups excluding tert-OH is 1. The van der Waals surface area contributed by atoms with Gasteiger partial charge in [0.15, 0.2) is 0 Å². The Kier molecular flexibility index (Phi) is 5.92. The monoisotopic (exact) mass is 387 g/mol. The molecule has 0 aromatic heterocycles. The van der Waals surface area contributed by atoms with E-state index < -0.39 is 6.10 Å². The summed E-state index contributed by atoms with van der Waals surface area (Å²) in [5, 5.41) is 13.3. The number of carbonyl (C=O) groups is 1. The zero-order valence-corrected chi connectivity index (χ0v) is 16.3. The van der Waals surface area contributed by atoms with E-state index >= 15 is 0 Å². The van der Waals surface area contributed by atoms with Gasteiger partial charge in [-0.2, -0.15) is 0 Å². The Hall–Kier alpha value is -3.11. The van der Waals surface area contributed by atoms with E-state index in [1.807, 2.05) is 78.9 Å². The fourth-order valence-electron chi connectivity index (χ4n) is 3.74. The van der Waals surface area contributed by atoms with Crippen molar-refractivity contribution in [2.45, 2.75) is 38.0 Å². The van der Waals surface area contributed by atoms with Crippen LogP contribution in [-0.2, 0) is 24.2 Å². The maximum atomic E-state index is 12.4. The van der Waals surface area contributed by atoms with Crippen LogP contribution in [0, 0.1) is 0 Å². The Balaban J connectivity index is 1.26. The number of amides is 1. The summed E-state index contributed by atoms with van der Waals surface area (Å²) in [5.41, 5.74) is 4.34. The summed E-state index contributed by atoms with van der Waals surface area (Å²) in [6.45, 7) is 0.535. The van der Waals surface area contributed by atoms with Crippen molar-refractivity contribution < 1.29 is 14.6 Å². The third-order valence-electron chi connectivity index (χ3n) is 5.33. The second-order valence-electron chi connectivity index (χ2n) is 7.43. The van der Waals surface area contributed by atoms with E-state index in [0.29, 0.717) is 25.9 Å². The summed E-state index contributed by atoms with van der Waals surface area (Å²) in [6, 6.07) is 25.5. The number of rotatable bonds is 7. The van der Waals surface area contributed by atoms with Gasteiger partial charge in [-0.1, -0.05) is 66.7 Å². The lowest BCUT2D eigenvalue weighted by Crippen LogP contribution is -2.33. The zero-order chi connectivity index (χ0) is 20.1. The van der Waals surface area contributed by atoms with Crippen LogP contribution in [0.5, 0.6) is 5.75 Å². The predicted octanol–water partition coefficient (Wildman–Crippen LogP) is 3.97. The van der Waals surface area contributed by atoms with Crippen molar-refractivity contribution in [3.8, 4) is 5.75 Å². The van der Waals surface area contributed by atoms with Crippen LogP contribution in [0.15, 0.2) is 78.9 Å². The summed E-state index contributed by atoms with van der Waals surface area (Å²) < 4.78 is 5.80. The van der Waals surface area contributed by atoms with Crippen LogP contribution in [0.2, 0.25) is 0 Å². The highest BCUT2D eigenvalue weighted by Gasteiger charge is 2.31. The van der Waals surface area contributed by atoms with E-state index in [1.54, 1.807) is 0 Å². The number of carbonyl (C=O) groups excluding carboxylic acids is 1. The van der Waals surface area contributed by atoms with Gasteiger partial charge in [-0.05, 0) is 40.8 Å². The Morgan fingerprint density at radius 1 is 0.931 bits per heavy atom. The average molecular weight is 387 g/mol. The summed E-state index contributed by atoms with van der Waals surface area (Å²) in [5.74, 6) is 0.767. The average Bonchev–Trinajstić information content (AvgIpc) is 3.07. The predicted molar refractivity (Wildman–Crippen MR) is 113 cm³/mol. The van der Waals surface area contributed by atoms with Crippen molar-refractivity contribution in [3.63, 3.8) is 0 Å². The fourth-order valence-corrected chi connectivity index (χ4v) is 3.74. The van der Waals surface area contributed by atoms with Crippen molar-refractivity contribution in [3.05, 3.63) is 101 Å². The second-order valence-corrected chi connectivity index (χ2v) is 7.43. The molecule has 3 aromatic carbocycles. The highest BCUT2D eigenvalue weighted by molar-refractivity contribution is 5.77. The summed E-state index contributed by atoms with van der Waals surface area (Å²) in [7, 11) is 0. The van der Waals surface area contributed by atoms with Crippen LogP contribution in [0.3, 0.4) is 0 Å². The molecule has 2 atom stereocenters. The number of hydrogen-bond acceptors (Lipinski definition) is 3. The zero-order valence-electron chi connectivity index (χ0n) is 16.3. The normalized spacial score (nSPS) is 17.6. The van der Waals surface area contributed by atoms with Crippen molar-refractivity contribution in [1.82, 2.24) is 5.32 Å². The van der Waals surface area contributed by atoms with Crippen molar-refractivity contribution in [2.24, 2.45) is 0 Å². The molecule has 1 amide bonds. The number of fused-ring (bicyclic) bond motifs is 1. The molecule has 0 bridgehead atoms. The van der Waals surface area contributed by atoms with Gasteiger partial charge in [-0.15, -0.1) is 0 Å². The molecule has 0 heterocycles. The van der Waals surface area contributed by atoms with Gasteiger partial charge in [0.2, 0.25) is 5.91 Å². The van der Waals surface area contributed by atoms with E-state index in [-0.39, 0.29) is 11.9 Å². The van der Waals surface area contributed by atoms with E-state index in [4.69, 9.17) is 4.74 Å². The number of nitrogens with one attached hydrogen (secondary N) is 1. The first-order valence-corrected chi connectivity index (χ1v) is 10.00. The molecule has 0 saturated carbocycles. The van der Waals surface area contributed by atoms with Gasteiger partial charge in [0.1, 0.15) is 12.4 Å². The molecule has 4 rings (SSSR count). The van der Waals surface area contributed by atoms with Crippen LogP contribution in [0.4, 0.5) is 0 Å². The fraction of sp³-hybridized carbons (Fsp3) is 0.240. The molecule has 148 valence electrons. The van der Waals surface area contributed by atoms with E-state index in [1.165, 1.54) is 0 Å². The minimum absolute atomic E-state index is 0.0462. The Bertz CT molecular complexity index is 953. The maximum Gasteiger partial charge on any atom is 0.220 e. The number of hydrogen-bond donors (Lipinski definition) is 2. The molecule has 0 spiro atoms.